The van der Waals surface area contributed by atoms with Crippen LogP contribution in [0.5, 0.6) is 0 Å². The van der Waals surface area contributed by atoms with Crippen molar-refractivity contribution in [3.05, 3.63) is 24.8 Å². The highest BCUT2D eigenvalue weighted by Gasteiger charge is 2.71. The highest BCUT2D eigenvalue weighted by atomic mass is 19.3. The minimum absolute atomic E-state index is 0.329. The second-order valence-electron chi connectivity index (χ2n) is 5.43. The van der Waals surface area contributed by atoms with Gasteiger partial charge in [0.05, 0.1) is 6.54 Å². The zero-order valence-electron chi connectivity index (χ0n) is 13.2. The van der Waals surface area contributed by atoms with Gasteiger partial charge in [-0.15, -0.1) is 6.58 Å². The van der Waals surface area contributed by atoms with Crippen molar-refractivity contribution in [3.8, 4) is 0 Å². The molecule has 2 nitrogen and oxygen atoms in total. The molecule has 0 aromatic rings. The van der Waals surface area contributed by atoms with Crippen molar-refractivity contribution in [3.63, 3.8) is 0 Å². The molecule has 0 heterocycles. The van der Waals surface area contributed by atoms with Gasteiger partial charge in [0.25, 0.3) is 0 Å². The van der Waals surface area contributed by atoms with Crippen LogP contribution in [0, 0.1) is 0 Å². The molecule has 0 fully saturated rings. The Morgan fingerprint density at radius 3 is 2.04 bits per heavy atom. The number of carbonyl (C=O) groups excluding carboxylic acids is 1. The lowest BCUT2D eigenvalue weighted by atomic mass is 9.99. The molecule has 0 spiro atoms. The zero-order chi connectivity index (χ0) is 18.5. The average molecular weight is 345 g/mol. The van der Waals surface area contributed by atoms with Crippen molar-refractivity contribution in [2.24, 2.45) is 0 Å². The van der Waals surface area contributed by atoms with E-state index in [2.05, 4.69) is 13.2 Å². The number of carbonyl (C=O) groups is 1. The van der Waals surface area contributed by atoms with E-state index in [0.29, 0.717) is 10.5 Å². The third-order valence-corrected chi connectivity index (χ3v) is 3.03. The average Bonchev–Trinajstić information content (AvgIpc) is 2.36. The van der Waals surface area contributed by atoms with Gasteiger partial charge in [0.2, 0.25) is 5.91 Å². The van der Waals surface area contributed by atoms with Crippen LogP contribution in [0.25, 0.3) is 0 Å². The van der Waals surface area contributed by atoms with Gasteiger partial charge in [-0.1, -0.05) is 31.6 Å². The topological polar surface area (TPSA) is 20.3 Å². The molecule has 1 amide bonds. The van der Waals surface area contributed by atoms with Crippen molar-refractivity contribution < 1.29 is 31.1 Å². The SMILES string of the molecule is C=CCN(CC(F)(F)C(F)(F)C(F)(F)CCC)C(=O)CC(=C)C. The van der Waals surface area contributed by atoms with Crippen LogP contribution >= 0.6 is 0 Å². The molecular weight excluding hydrogens is 324 g/mol. The number of nitrogens with zero attached hydrogens (tertiary/aromatic N) is 1. The molecule has 0 aliphatic carbocycles. The fraction of sp³-hybridized carbons (Fsp3) is 0.667. The Balaban J connectivity index is 5.41. The molecule has 0 radical (unpaired) electrons. The van der Waals surface area contributed by atoms with Crippen molar-refractivity contribution in [2.75, 3.05) is 13.1 Å². The van der Waals surface area contributed by atoms with Crippen LogP contribution in [-0.4, -0.2) is 41.7 Å². The quantitative estimate of drug-likeness (QED) is 0.416. The van der Waals surface area contributed by atoms with E-state index in [4.69, 9.17) is 0 Å². The number of rotatable bonds is 10. The van der Waals surface area contributed by atoms with Gasteiger partial charge in [-0.2, -0.15) is 26.3 Å². The van der Waals surface area contributed by atoms with Gasteiger partial charge in [0.15, 0.2) is 0 Å². The van der Waals surface area contributed by atoms with Crippen molar-refractivity contribution in [1.82, 2.24) is 4.90 Å². The first-order valence-corrected chi connectivity index (χ1v) is 6.99. The zero-order valence-corrected chi connectivity index (χ0v) is 13.2. The Kier molecular flexibility index (Phi) is 7.37. The summed E-state index contributed by atoms with van der Waals surface area (Å²) >= 11 is 0. The van der Waals surface area contributed by atoms with Gasteiger partial charge in [-0.25, -0.2) is 0 Å². The molecule has 0 aromatic carbocycles. The van der Waals surface area contributed by atoms with E-state index in [9.17, 15) is 31.1 Å². The predicted octanol–water partition coefficient (Wildman–Crippen LogP) is 4.67. The maximum Gasteiger partial charge on any atom is 0.373 e. The maximum atomic E-state index is 13.8. The summed E-state index contributed by atoms with van der Waals surface area (Å²) in [5, 5.41) is 0. The van der Waals surface area contributed by atoms with Crippen LogP contribution in [0.3, 0.4) is 0 Å². The lowest BCUT2D eigenvalue weighted by Gasteiger charge is -2.35. The number of amides is 1. The summed E-state index contributed by atoms with van der Waals surface area (Å²) < 4.78 is 81.6. The van der Waals surface area contributed by atoms with E-state index < -0.39 is 43.2 Å². The molecule has 0 bridgehead atoms. The molecule has 0 aliphatic rings. The molecule has 0 atom stereocenters. The molecule has 0 unspecified atom stereocenters. The Labute approximate surface area is 131 Å². The molecule has 8 heteroatoms. The molecule has 134 valence electrons. The van der Waals surface area contributed by atoms with Crippen LogP contribution in [0.2, 0.25) is 0 Å². The van der Waals surface area contributed by atoms with Crippen LogP contribution < -0.4 is 0 Å². The smallest absolute Gasteiger partial charge is 0.332 e. The molecule has 0 saturated heterocycles. The molecule has 0 N–H and O–H groups in total. The third-order valence-electron chi connectivity index (χ3n) is 3.03. The third kappa shape index (κ3) is 5.28. The standard InChI is InChI=1S/C15H21F6NO/c1-5-7-13(16,17)15(20,21)14(18,19)10-22(8-6-2)12(23)9-11(3)4/h6H,2-3,5,7-10H2,1,4H3. The van der Waals surface area contributed by atoms with E-state index in [1.165, 1.54) is 13.8 Å². The minimum atomic E-state index is -5.57. The second-order valence-corrected chi connectivity index (χ2v) is 5.43. The predicted molar refractivity (Wildman–Crippen MR) is 76.0 cm³/mol. The molecular formula is C15H21F6NO. The first-order valence-electron chi connectivity index (χ1n) is 6.99. The lowest BCUT2D eigenvalue weighted by molar-refractivity contribution is -0.312. The van der Waals surface area contributed by atoms with Gasteiger partial charge >= 0.3 is 17.8 Å². The highest BCUT2D eigenvalue weighted by molar-refractivity contribution is 5.78. The van der Waals surface area contributed by atoms with E-state index in [1.807, 2.05) is 0 Å². The van der Waals surface area contributed by atoms with E-state index in [1.54, 1.807) is 0 Å². The van der Waals surface area contributed by atoms with Gasteiger partial charge in [0.1, 0.15) is 0 Å². The summed E-state index contributed by atoms with van der Waals surface area (Å²) in [6, 6.07) is 0. The summed E-state index contributed by atoms with van der Waals surface area (Å²) in [6.07, 6.45) is -1.06. The Hall–Kier alpha value is -1.47. The maximum absolute atomic E-state index is 13.8. The van der Waals surface area contributed by atoms with Crippen LogP contribution in [-0.2, 0) is 4.79 Å². The highest BCUT2D eigenvalue weighted by Crippen LogP contribution is 2.48. The first kappa shape index (κ1) is 21.5. The van der Waals surface area contributed by atoms with Crippen LogP contribution in [0.4, 0.5) is 26.3 Å². The number of hydrogen-bond donors (Lipinski definition) is 0. The van der Waals surface area contributed by atoms with E-state index >= 15 is 0 Å². The molecule has 0 rings (SSSR count). The van der Waals surface area contributed by atoms with Gasteiger partial charge in [0, 0.05) is 19.4 Å². The lowest BCUT2D eigenvalue weighted by Crippen LogP contribution is -2.59. The summed E-state index contributed by atoms with van der Waals surface area (Å²) in [7, 11) is 0. The molecule has 0 aromatic heterocycles. The number of alkyl halides is 6. The Morgan fingerprint density at radius 1 is 1.13 bits per heavy atom. The first-order chi connectivity index (χ1) is 10.3. The van der Waals surface area contributed by atoms with Crippen molar-refractivity contribution in [2.45, 2.75) is 50.9 Å². The van der Waals surface area contributed by atoms with Gasteiger partial charge < -0.3 is 4.90 Å². The summed E-state index contributed by atoms with van der Waals surface area (Å²) in [5.74, 6) is -16.4. The van der Waals surface area contributed by atoms with Crippen molar-refractivity contribution >= 4 is 5.91 Å². The van der Waals surface area contributed by atoms with Crippen LogP contribution in [0.1, 0.15) is 33.1 Å². The monoisotopic (exact) mass is 345 g/mol. The Bertz CT molecular complexity index is 447. The minimum Gasteiger partial charge on any atom is -0.332 e. The summed E-state index contributed by atoms with van der Waals surface area (Å²) in [5.41, 5.74) is 0.329. The van der Waals surface area contributed by atoms with Gasteiger partial charge in [-0.3, -0.25) is 4.79 Å². The summed E-state index contributed by atoms with van der Waals surface area (Å²) in [4.78, 5) is 12.1. The van der Waals surface area contributed by atoms with Crippen molar-refractivity contribution in [1.29, 1.82) is 0 Å². The molecule has 0 aliphatic heterocycles. The van der Waals surface area contributed by atoms with Crippen LogP contribution in [0.15, 0.2) is 24.8 Å². The van der Waals surface area contributed by atoms with E-state index in [-0.39, 0.29) is 12.8 Å². The van der Waals surface area contributed by atoms with Gasteiger partial charge in [-0.05, 0) is 6.92 Å². The second kappa shape index (κ2) is 7.88. The molecule has 23 heavy (non-hydrogen) atoms. The number of halogens is 6. The Morgan fingerprint density at radius 2 is 1.65 bits per heavy atom. The summed E-state index contributed by atoms with van der Waals surface area (Å²) in [6.45, 7) is 7.00. The largest absolute Gasteiger partial charge is 0.373 e. The number of hydrogen-bond acceptors (Lipinski definition) is 1. The fourth-order valence-electron chi connectivity index (χ4n) is 1.86. The van der Waals surface area contributed by atoms with E-state index in [0.717, 1.165) is 6.08 Å². The fourth-order valence-corrected chi connectivity index (χ4v) is 1.86. The normalized spacial score (nSPS) is 12.9. The molecule has 0 saturated carbocycles.